The summed E-state index contributed by atoms with van der Waals surface area (Å²) in [6, 6.07) is 7.56. The van der Waals surface area contributed by atoms with Crippen molar-refractivity contribution in [2.24, 2.45) is 5.92 Å². The Hall–Kier alpha value is -1.70. The van der Waals surface area contributed by atoms with Crippen molar-refractivity contribution in [2.45, 2.75) is 16.1 Å². The van der Waals surface area contributed by atoms with E-state index in [9.17, 15) is 17.2 Å². The molecule has 4 nitrogen and oxygen atoms in total. The van der Waals surface area contributed by atoms with Crippen LogP contribution in [-0.2, 0) is 19.3 Å². The quantitative estimate of drug-likeness (QED) is 0.771. The molecule has 1 saturated heterocycles. The van der Waals surface area contributed by atoms with Gasteiger partial charge in [-0.2, -0.15) is 0 Å². The molecule has 0 N–H and O–H groups in total. The van der Waals surface area contributed by atoms with E-state index in [2.05, 4.69) is 0 Å². The Morgan fingerprint density at radius 2 is 1.73 bits per heavy atom. The second kappa shape index (κ2) is 6.18. The fraction of sp³-hybridized carbons (Fsp3) is 0.333. The third-order valence-electron chi connectivity index (χ3n) is 5.11. The van der Waals surface area contributed by atoms with E-state index in [4.69, 9.17) is 21.1 Å². The molecule has 0 unspecified atom stereocenters. The van der Waals surface area contributed by atoms with Crippen LogP contribution in [0.15, 0.2) is 41.3 Å². The molecule has 2 aromatic carbocycles. The number of hydrogen-bond donors (Lipinski definition) is 0. The van der Waals surface area contributed by atoms with E-state index in [-0.39, 0.29) is 42.4 Å². The van der Waals surface area contributed by atoms with E-state index < -0.39 is 32.1 Å². The van der Waals surface area contributed by atoms with E-state index in [1.807, 2.05) is 0 Å². The summed E-state index contributed by atoms with van der Waals surface area (Å²) in [6.07, 6.45) is 0.0133. The summed E-state index contributed by atoms with van der Waals surface area (Å²) >= 11 is 5.87. The minimum atomic E-state index is -4.08. The van der Waals surface area contributed by atoms with Crippen LogP contribution in [0.2, 0.25) is 5.02 Å². The first-order valence-electron chi connectivity index (χ1n) is 8.07. The normalized spacial score (nSPS) is 25.1. The second-order valence-corrected chi connectivity index (χ2v) is 9.06. The van der Waals surface area contributed by atoms with Crippen molar-refractivity contribution in [2.75, 3.05) is 19.8 Å². The van der Waals surface area contributed by atoms with Crippen molar-refractivity contribution < 1.29 is 26.7 Å². The van der Waals surface area contributed by atoms with Gasteiger partial charge in [0.2, 0.25) is 0 Å². The predicted molar refractivity (Wildman–Crippen MR) is 91.1 cm³/mol. The molecule has 0 saturated carbocycles. The maximum absolute atomic E-state index is 14.8. The summed E-state index contributed by atoms with van der Waals surface area (Å²) in [6.45, 7) is 0.140. The Balaban J connectivity index is 2.02. The van der Waals surface area contributed by atoms with Crippen LogP contribution in [0.3, 0.4) is 0 Å². The number of hydrogen-bond acceptors (Lipinski definition) is 4. The smallest absolute Gasteiger partial charge is 0.189 e. The second-order valence-electron chi connectivity index (χ2n) is 6.41. The van der Waals surface area contributed by atoms with Crippen LogP contribution in [-0.4, -0.2) is 28.2 Å². The van der Waals surface area contributed by atoms with Gasteiger partial charge in [0.25, 0.3) is 0 Å². The summed E-state index contributed by atoms with van der Waals surface area (Å²) in [7, 11) is -4.08. The summed E-state index contributed by atoms with van der Waals surface area (Å²) in [5.41, 5.74) is -0.244. The lowest BCUT2D eigenvalue weighted by Crippen LogP contribution is -2.54. The summed E-state index contributed by atoms with van der Waals surface area (Å²) < 4.78 is 65.5. The van der Waals surface area contributed by atoms with Gasteiger partial charge in [-0.25, -0.2) is 17.2 Å². The molecule has 0 bridgehead atoms. The van der Waals surface area contributed by atoms with Gasteiger partial charge >= 0.3 is 0 Å². The van der Waals surface area contributed by atoms with Gasteiger partial charge in [0.1, 0.15) is 10.6 Å². The molecule has 8 heteroatoms. The highest BCUT2D eigenvalue weighted by atomic mass is 35.5. The number of fused-ring (bicyclic) bond motifs is 3. The number of ether oxygens (including phenoxy) is 2. The highest BCUT2D eigenvalue weighted by molar-refractivity contribution is 7.92. The standard InChI is InChI=1S/C18H15ClF2O4S/c19-12-1-3-13(4-2-12)26(22,23)18-7-8-24-9-11(18)10-25-17-15(21)6-5-14(20)16(17)18/h1-6,11H,7-10H2/t11-,18+/m0/s1. The van der Waals surface area contributed by atoms with Crippen molar-refractivity contribution in [3.63, 3.8) is 0 Å². The molecular formula is C18H15ClF2O4S. The lowest BCUT2D eigenvalue weighted by Gasteiger charge is -2.46. The summed E-state index contributed by atoms with van der Waals surface area (Å²) in [4.78, 5) is 0.00492. The van der Waals surface area contributed by atoms with Gasteiger partial charge in [0.15, 0.2) is 21.4 Å². The molecule has 4 rings (SSSR count). The molecule has 0 aliphatic carbocycles. The number of benzene rings is 2. The molecule has 0 spiro atoms. The van der Waals surface area contributed by atoms with Crippen LogP contribution in [0.25, 0.3) is 0 Å². The molecule has 2 heterocycles. The third-order valence-corrected chi connectivity index (χ3v) is 7.96. The van der Waals surface area contributed by atoms with Gasteiger partial charge in [-0.1, -0.05) is 11.6 Å². The topological polar surface area (TPSA) is 52.6 Å². The molecule has 2 aromatic rings. The van der Waals surface area contributed by atoms with E-state index in [1.165, 1.54) is 24.3 Å². The van der Waals surface area contributed by atoms with Crippen molar-refractivity contribution in [3.8, 4) is 5.75 Å². The number of rotatable bonds is 2. The van der Waals surface area contributed by atoms with Gasteiger partial charge in [-0.15, -0.1) is 0 Å². The Bertz CT molecular complexity index is 962. The number of halogens is 3. The summed E-state index contributed by atoms with van der Waals surface area (Å²) in [5, 5.41) is 0.384. The van der Waals surface area contributed by atoms with Crippen LogP contribution < -0.4 is 4.74 Å². The molecule has 0 radical (unpaired) electrons. The molecular weight excluding hydrogens is 386 g/mol. The molecule has 0 aromatic heterocycles. The Labute approximate surface area is 154 Å². The molecule has 2 aliphatic rings. The summed E-state index contributed by atoms with van der Waals surface area (Å²) in [5.74, 6) is -2.57. The maximum Gasteiger partial charge on any atom is 0.189 e. The van der Waals surface area contributed by atoms with E-state index in [0.717, 1.165) is 12.1 Å². The third kappa shape index (κ3) is 2.37. The molecule has 0 amide bonds. The first kappa shape index (κ1) is 17.7. The van der Waals surface area contributed by atoms with Crippen LogP contribution in [0, 0.1) is 17.6 Å². The minimum absolute atomic E-state index is 0.00492. The maximum atomic E-state index is 14.8. The van der Waals surface area contributed by atoms with Crippen molar-refractivity contribution in [1.82, 2.24) is 0 Å². The average Bonchev–Trinajstić information content (AvgIpc) is 2.64. The van der Waals surface area contributed by atoms with Crippen LogP contribution in [0.4, 0.5) is 8.78 Å². The predicted octanol–water partition coefficient (Wildman–Crippen LogP) is 3.72. The highest BCUT2D eigenvalue weighted by Crippen LogP contribution is 2.53. The molecule has 26 heavy (non-hydrogen) atoms. The van der Waals surface area contributed by atoms with Crippen LogP contribution >= 0.6 is 11.6 Å². The SMILES string of the molecule is O=S(=O)(c1ccc(Cl)cc1)[C@]12CCOC[C@H]1COc1c(F)ccc(F)c12. The monoisotopic (exact) mass is 400 g/mol. The van der Waals surface area contributed by atoms with Gasteiger partial charge < -0.3 is 9.47 Å². The lowest BCUT2D eigenvalue weighted by molar-refractivity contribution is -0.00653. The Morgan fingerprint density at radius 3 is 2.46 bits per heavy atom. The molecule has 138 valence electrons. The zero-order valence-electron chi connectivity index (χ0n) is 13.5. The van der Waals surface area contributed by atoms with Crippen molar-refractivity contribution in [1.29, 1.82) is 0 Å². The molecule has 1 fully saturated rings. The fourth-order valence-corrected chi connectivity index (χ4v) is 6.29. The molecule has 2 aliphatic heterocycles. The van der Waals surface area contributed by atoms with Crippen LogP contribution in [0.5, 0.6) is 5.75 Å². The minimum Gasteiger partial charge on any atom is -0.490 e. The molecule has 2 atom stereocenters. The van der Waals surface area contributed by atoms with Gasteiger partial charge in [0, 0.05) is 17.5 Å². The van der Waals surface area contributed by atoms with Gasteiger partial charge in [-0.3, -0.25) is 0 Å². The first-order chi connectivity index (χ1) is 12.4. The lowest BCUT2D eigenvalue weighted by atomic mass is 9.79. The zero-order valence-corrected chi connectivity index (χ0v) is 15.1. The van der Waals surface area contributed by atoms with Crippen LogP contribution in [0.1, 0.15) is 12.0 Å². The van der Waals surface area contributed by atoms with Gasteiger partial charge in [-0.05, 0) is 42.8 Å². The zero-order chi connectivity index (χ0) is 18.5. The van der Waals surface area contributed by atoms with Crippen molar-refractivity contribution >= 4 is 21.4 Å². The fourth-order valence-electron chi connectivity index (χ4n) is 3.86. The Morgan fingerprint density at radius 1 is 1.04 bits per heavy atom. The van der Waals surface area contributed by atoms with Crippen molar-refractivity contribution in [3.05, 3.63) is 58.6 Å². The van der Waals surface area contributed by atoms with E-state index in [0.29, 0.717) is 5.02 Å². The largest absolute Gasteiger partial charge is 0.490 e. The van der Waals surface area contributed by atoms with E-state index >= 15 is 0 Å². The van der Waals surface area contributed by atoms with E-state index in [1.54, 1.807) is 0 Å². The first-order valence-corrected chi connectivity index (χ1v) is 9.93. The number of sulfone groups is 1. The van der Waals surface area contributed by atoms with Gasteiger partial charge in [0.05, 0.1) is 23.7 Å². The Kier molecular flexibility index (Phi) is 4.21. The highest BCUT2D eigenvalue weighted by Gasteiger charge is 2.59. The average molecular weight is 401 g/mol.